The summed E-state index contributed by atoms with van der Waals surface area (Å²) < 4.78 is 11.5. The van der Waals surface area contributed by atoms with Gasteiger partial charge in [0.25, 0.3) is 0 Å². The minimum Gasteiger partial charge on any atom is -0.457 e. The Balaban J connectivity index is 1.56. The van der Waals surface area contributed by atoms with Crippen LogP contribution >= 0.6 is 0 Å². The molecule has 0 saturated carbocycles. The van der Waals surface area contributed by atoms with Gasteiger partial charge >= 0.3 is 5.97 Å². The highest BCUT2D eigenvalue weighted by atomic mass is 16.5. The SMILES string of the molecule is CCC(C(=O)OC(C#N)c1cccc(Oc2ccccc2)c1)c1cccc2ccccc12. The lowest BCUT2D eigenvalue weighted by atomic mass is 9.91. The van der Waals surface area contributed by atoms with Crippen LogP contribution in [0.5, 0.6) is 11.5 Å². The number of carbonyl (C=O) groups excluding carboxylic acids is 1. The smallest absolute Gasteiger partial charge is 0.315 e. The minimum atomic E-state index is -1.02. The van der Waals surface area contributed by atoms with Crippen molar-refractivity contribution in [1.29, 1.82) is 5.26 Å². The van der Waals surface area contributed by atoms with Gasteiger partial charge in [0.1, 0.15) is 17.6 Å². The van der Waals surface area contributed by atoms with Crippen LogP contribution in [-0.2, 0) is 9.53 Å². The first-order valence-electron chi connectivity index (χ1n) is 10.6. The van der Waals surface area contributed by atoms with E-state index in [2.05, 4.69) is 6.07 Å². The third kappa shape index (κ3) is 4.63. The number of ether oxygens (including phenoxy) is 2. The van der Waals surface area contributed by atoms with E-state index in [9.17, 15) is 10.1 Å². The first-order chi connectivity index (χ1) is 15.7. The summed E-state index contributed by atoms with van der Waals surface area (Å²) in [7, 11) is 0. The molecule has 0 heterocycles. The fraction of sp³-hybridized carbons (Fsp3) is 0.143. The number of esters is 1. The molecule has 2 atom stereocenters. The Morgan fingerprint density at radius 1 is 0.875 bits per heavy atom. The highest BCUT2D eigenvalue weighted by Gasteiger charge is 2.26. The van der Waals surface area contributed by atoms with E-state index in [-0.39, 0.29) is 0 Å². The Morgan fingerprint density at radius 2 is 1.56 bits per heavy atom. The summed E-state index contributed by atoms with van der Waals surface area (Å²) >= 11 is 0. The molecule has 0 radical (unpaired) electrons. The molecule has 0 N–H and O–H groups in total. The molecule has 4 aromatic rings. The van der Waals surface area contributed by atoms with Gasteiger partial charge in [0, 0.05) is 5.56 Å². The van der Waals surface area contributed by atoms with Crippen molar-refractivity contribution in [3.05, 3.63) is 108 Å². The van der Waals surface area contributed by atoms with Gasteiger partial charge in [-0.15, -0.1) is 0 Å². The van der Waals surface area contributed by atoms with Crippen molar-refractivity contribution in [2.24, 2.45) is 0 Å². The molecule has 4 aromatic carbocycles. The first-order valence-corrected chi connectivity index (χ1v) is 10.6. The summed E-state index contributed by atoms with van der Waals surface area (Å²) in [5, 5.41) is 11.8. The third-order valence-corrected chi connectivity index (χ3v) is 5.38. The predicted molar refractivity (Wildman–Crippen MR) is 124 cm³/mol. The molecule has 32 heavy (non-hydrogen) atoms. The van der Waals surface area contributed by atoms with Gasteiger partial charge < -0.3 is 9.47 Å². The summed E-state index contributed by atoms with van der Waals surface area (Å²) in [5.41, 5.74) is 1.48. The third-order valence-electron chi connectivity index (χ3n) is 5.38. The standard InChI is InChI=1S/C28H23NO3/c1-2-24(26-17-9-11-20-10-6-7-16-25(20)26)28(30)32-27(19-29)21-12-8-15-23(18-21)31-22-13-4-3-5-14-22/h3-18,24,27H,2H2,1H3. The molecule has 4 nitrogen and oxygen atoms in total. The fourth-order valence-corrected chi connectivity index (χ4v) is 3.80. The maximum absolute atomic E-state index is 13.1. The molecule has 4 rings (SSSR count). The van der Waals surface area contributed by atoms with Crippen molar-refractivity contribution in [1.82, 2.24) is 0 Å². The van der Waals surface area contributed by atoms with Crippen molar-refractivity contribution in [3.8, 4) is 17.6 Å². The van der Waals surface area contributed by atoms with Gasteiger partial charge in [-0.05, 0) is 47.0 Å². The second-order valence-corrected chi connectivity index (χ2v) is 7.46. The number of rotatable bonds is 7. The Labute approximate surface area is 187 Å². The Morgan fingerprint density at radius 3 is 2.34 bits per heavy atom. The second kappa shape index (κ2) is 9.80. The van der Waals surface area contributed by atoms with Crippen LogP contribution in [0.4, 0.5) is 0 Å². The summed E-state index contributed by atoms with van der Waals surface area (Å²) in [5.74, 6) is 0.397. The minimum absolute atomic E-state index is 0.412. The van der Waals surface area contributed by atoms with Gasteiger partial charge in [-0.1, -0.05) is 79.7 Å². The van der Waals surface area contributed by atoms with Gasteiger partial charge in [-0.25, -0.2) is 0 Å². The largest absolute Gasteiger partial charge is 0.457 e. The van der Waals surface area contributed by atoms with E-state index < -0.39 is 18.0 Å². The van der Waals surface area contributed by atoms with E-state index in [4.69, 9.17) is 9.47 Å². The second-order valence-electron chi connectivity index (χ2n) is 7.46. The molecular weight excluding hydrogens is 398 g/mol. The number of carbonyl (C=O) groups is 1. The highest BCUT2D eigenvalue weighted by molar-refractivity contribution is 5.91. The van der Waals surface area contributed by atoms with Crippen molar-refractivity contribution in [3.63, 3.8) is 0 Å². The number of hydrogen-bond acceptors (Lipinski definition) is 4. The van der Waals surface area contributed by atoms with Crippen LogP contribution in [0.25, 0.3) is 10.8 Å². The van der Waals surface area contributed by atoms with Crippen molar-refractivity contribution in [2.45, 2.75) is 25.4 Å². The highest BCUT2D eigenvalue weighted by Crippen LogP contribution is 2.32. The van der Waals surface area contributed by atoms with Gasteiger partial charge in [0.2, 0.25) is 6.10 Å². The quantitative estimate of drug-likeness (QED) is 0.303. The van der Waals surface area contributed by atoms with E-state index in [0.717, 1.165) is 16.3 Å². The van der Waals surface area contributed by atoms with Crippen LogP contribution < -0.4 is 4.74 Å². The van der Waals surface area contributed by atoms with E-state index in [0.29, 0.717) is 23.5 Å². The van der Waals surface area contributed by atoms with Crippen molar-refractivity contribution >= 4 is 16.7 Å². The predicted octanol–water partition coefficient (Wildman–Crippen LogP) is 6.93. The number of hydrogen-bond donors (Lipinski definition) is 0. The number of para-hydroxylation sites is 1. The Hall–Kier alpha value is -4.10. The van der Waals surface area contributed by atoms with E-state index >= 15 is 0 Å². The maximum Gasteiger partial charge on any atom is 0.315 e. The molecule has 0 amide bonds. The van der Waals surface area contributed by atoms with Crippen molar-refractivity contribution in [2.75, 3.05) is 0 Å². The average Bonchev–Trinajstić information content (AvgIpc) is 2.84. The molecule has 0 aromatic heterocycles. The zero-order chi connectivity index (χ0) is 22.3. The number of nitrogens with zero attached hydrogens (tertiary/aromatic N) is 1. The molecule has 0 spiro atoms. The van der Waals surface area contributed by atoms with E-state index in [1.807, 2.05) is 79.7 Å². The summed E-state index contributed by atoms with van der Waals surface area (Å²) in [6, 6.07) is 32.5. The van der Waals surface area contributed by atoms with E-state index in [1.165, 1.54) is 0 Å². The van der Waals surface area contributed by atoms with Crippen LogP contribution in [0.15, 0.2) is 97.1 Å². The maximum atomic E-state index is 13.1. The number of benzene rings is 4. The lowest BCUT2D eigenvalue weighted by Crippen LogP contribution is -2.18. The molecule has 0 aliphatic carbocycles. The molecule has 4 heteroatoms. The monoisotopic (exact) mass is 421 g/mol. The van der Waals surface area contributed by atoms with Crippen molar-refractivity contribution < 1.29 is 14.3 Å². The molecule has 0 bridgehead atoms. The number of fused-ring (bicyclic) bond motifs is 1. The average molecular weight is 421 g/mol. The molecule has 2 unspecified atom stereocenters. The van der Waals surface area contributed by atoms with E-state index in [1.54, 1.807) is 24.3 Å². The molecule has 0 saturated heterocycles. The summed E-state index contributed by atoms with van der Waals surface area (Å²) in [6.07, 6.45) is -0.451. The van der Waals surface area contributed by atoms with Crippen LogP contribution in [-0.4, -0.2) is 5.97 Å². The molecule has 0 fully saturated rings. The number of nitriles is 1. The fourth-order valence-electron chi connectivity index (χ4n) is 3.80. The van der Waals surface area contributed by atoms with Crippen LogP contribution in [0.2, 0.25) is 0 Å². The lowest BCUT2D eigenvalue weighted by Gasteiger charge is -2.19. The lowest BCUT2D eigenvalue weighted by molar-refractivity contribution is -0.148. The van der Waals surface area contributed by atoms with Gasteiger partial charge in [-0.3, -0.25) is 4.79 Å². The molecule has 158 valence electrons. The zero-order valence-corrected chi connectivity index (χ0v) is 17.8. The Bertz CT molecular complexity index is 1260. The van der Waals surface area contributed by atoms with Gasteiger partial charge in [0.15, 0.2) is 0 Å². The molecule has 0 aliphatic heterocycles. The zero-order valence-electron chi connectivity index (χ0n) is 17.8. The molecular formula is C28H23NO3. The molecule has 0 aliphatic rings. The van der Waals surface area contributed by atoms with Gasteiger partial charge in [0.05, 0.1) is 5.92 Å². The normalized spacial score (nSPS) is 12.5. The van der Waals surface area contributed by atoms with Crippen LogP contribution in [0.1, 0.15) is 36.5 Å². The summed E-state index contributed by atoms with van der Waals surface area (Å²) in [6.45, 7) is 1.95. The summed E-state index contributed by atoms with van der Waals surface area (Å²) in [4.78, 5) is 13.1. The Kier molecular flexibility index (Phi) is 6.48. The topological polar surface area (TPSA) is 59.3 Å². The first kappa shape index (κ1) is 21.1. The van der Waals surface area contributed by atoms with Crippen LogP contribution in [0.3, 0.4) is 0 Å². The van der Waals surface area contributed by atoms with Gasteiger partial charge in [-0.2, -0.15) is 5.26 Å². The van der Waals surface area contributed by atoms with Crippen LogP contribution in [0, 0.1) is 11.3 Å².